The summed E-state index contributed by atoms with van der Waals surface area (Å²) in [5.74, 6) is -0.467. The van der Waals surface area contributed by atoms with Crippen molar-refractivity contribution in [3.8, 4) is 5.69 Å². The van der Waals surface area contributed by atoms with Gasteiger partial charge in [0.05, 0.1) is 18.4 Å². The van der Waals surface area contributed by atoms with Crippen molar-refractivity contribution >= 4 is 5.91 Å². The Morgan fingerprint density at radius 1 is 1.29 bits per heavy atom. The maximum Gasteiger partial charge on any atom is 0.278 e. The van der Waals surface area contributed by atoms with Crippen LogP contribution in [0, 0.1) is 6.92 Å². The van der Waals surface area contributed by atoms with E-state index >= 15 is 0 Å². The highest BCUT2D eigenvalue weighted by molar-refractivity contribution is 5.91. The fourth-order valence-electron chi connectivity index (χ4n) is 2.22. The maximum absolute atomic E-state index is 12.3. The van der Waals surface area contributed by atoms with Crippen LogP contribution in [0.2, 0.25) is 0 Å². The number of rotatable bonds is 4. The molecule has 0 saturated carbocycles. The van der Waals surface area contributed by atoms with Gasteiger partial charge in [0.15, 0.2) is 5.69 Å². The van der Waals surface area contributed by atoms with Gasteiger partial charge in [-0.15, -0.1) is 5.10 Å². The van der Waals surface area contributed by atoms with Crippen molar-refractivity contribution in [2.75, 3.05) is 7.05 Å². The van der Waals surface area contributed by atoms with Crippen LogP contribution in [0.15, 0.2) is 47.4 Å². The number of hydrogen-bond acceptors (Lipinski definition) is 5. The Labute approximate surface area is 137 Å². The van der Waals surface area contributed by atoms with Gasteiger partial charge in [0, 0.05) is 18.8 Å². The molecule has 0 fully saturated rings. The molecule has 0 unspecified atom stereocenters. The Bertz CT molecular complexity index is 916. The normalized spacial score (nSPS) is 10.6. The molecular weight excluding hydrogens is 308 g/mol. The van der Waals surface area contributed by atoms with Gasteiger partial charge < -0.3 is 4.90 Å². The largest absolute Gasteiger partial charge is 0.334 e. The zero-order chi connectivity index (χ0) is 17.1. The lowest BCUT2D eigenvalue weighted by atomic mass is 10.3. The molecule has 2 aromatic heterocycles. The monoisotopic (exact) mass is 324 g/mol. The third-order valence-electron chi connectivity index (χ3n) is 3.44. The lowest BCUT2D eigenvalue weighted by Crippen LogP contribution is -2.32. The van der Waals surface area contributed by atoms with Crippen molar-refractivity contribution in [3.63, 3.8) is 0 Å². The van der Waals surface area contributed by atoms with Crippen LogP contribution in [0.1, 0.15) is 21.9 Å². The summed E-state index contributed by atoms with van der Waals surface area (Å²) in [4.78, 5) is 25.6. The topological polar surface area (TPSA) is 96.8 Å². The molecular formula is C16H16N6O2. The zero-order valence-electron chi connectivity index (χ0n) is 13.3. The van der Waals surface area contributed by atoms with E-state index in [9.17, 15) is 9.59 Å². The van der Waals surface area contributed by atoms with E-state index in [4.69, 9.17) is 0 Å². The summed E-state index contributed by atoms with van der Waals surface area (Å²) in [6.07, 6.45) is 1.74. The van der Waals surface area contributed by atoms with Gasteiger partial charge in [0.1, 0.15) is 5.69 Å². The standard InChI is InChI=1S/C16H16N6O2/c1-11-8-14(23)15(19-17-11)16(24)21(2)9-12-10-22(20-18-12)13-6-4-3-5-7-13/h3-8,10H,9H2,1-2H3,(H,17,23). The quantitative estimate of drug-likeness (QED) is 0.770. The molecule has 8 heteroatoms. The van der Waals surface area contributed by atoms with Gasteiger partial charge in [-0.1, -0.05) is 23.4 Å². The number of carbonyl (C=O) groups is 1. The van der Waals surface area contributed by atoms with Gasteiger partial charge in [0.25, 0.3) is 5.91 Å². The first-order valence-corrected chi connectivity index (χ1v) is 7.33. The molecule has 122 valence electrons. The number of hydrogen-bond donors (Lipinski definition) is 1. The van der Waals surface area contributed by atoms with Crippen molar-refractivity contribution in [1.82, 2.24) is 30.1 Å². The minimum Gasteiger partial charge on any atom is -0.334 e. The number of amides is 1. The highest BCUT2D eigenvalue weighted by Gasteiger charge is 2.18. The Kier molecular flexibility index (Phi) is 4.19. The van der Waals surface area contributed by atoms with Gasteiger partial charge in [-0.25, -0.2) is 4.68 Å². The fraction of sp³-hybridized carbons (Fsp3) is 0.188. The molecule has 3 aromatic rings. The van der Waals surface area contributed by atoms with E-state index in [1.54, 1.807) is 24.9 Å². The minimum absolute atomic E-state index is 0.140. The Morgan fingerprint density at radius 3 is 2.75 bits per heavy atom. The van der Waals surface area contributed by atoms with Crippen molar-refractivity contribution < 1.29 is 4.79 Å². The van der Waals surface area contributed by atoms with Crippen LogP contribution in [0.5, 0.6) is 0 Å². The summed E-state index contributed by atoms with van der Waals surface area (Å²) < 4.78 is 1.63. The van der Waals surface area contributed by atoms with Crippen LogP contribution in [0.3, 0.4) is 0 Å². The van der Waals surface area contributed by atoms with Crippen LogP contribution in [0.4, 0.5) is 0 Å². The van der Waals surface area contributed by atoms with Gasteiger partial charge in [-0.3, -0.25) is 14.7 Å². The summed E-state index contributed by atoms with van der Waals surface area (Å²) >= 11 is 0. The second-order valence-electron chi connectivity index (χ2n) is 5.42. The predicted molar refractivity (Wildman–Crippen MR) is 86.8 cm³/mol. The summed E-state index contributed by atoms with van der Waals surface area (Å²) in [5.41, 5.74) is 1.54. The van der Waals surface area contributed by atoms with E-state index in [0.717, 1.165) is 5.69 Å². The fourth-order valence-corrected chi connectivity index (χ4v) is 2.22. The van der Waals surface area contributed by atoms with Crippen LogP contribution in [0.25, 0.3) is 5.69 Å². The molecule has 3 rings (SSSR count). The minimum atomic E-state index is -0.467. The second-order valence-corrected chi connectivity index (χ2v) is 5.42. The van der Waals surface area contributed by atoms with E-state index in [1.165, 1.54) is 11.0 Å². The van der Waals surface area contributed by atoms with Crippen LogP contribution in [-0.4, -0.2) is 43.0 Å². The number of para-hydroxylation sites is 1. The molecule has 1 N–H and O–H groups in total. The predicted octanol–water partition coefficient (Wildman–Crippen LogP) is 0.931. The van der Waals surface area contributed by atoms with E-state index < -0.39 is 11.3 Å². The molecule has 8 nitrogen and oxygen atoms in total. The molecule has 0 atom stereocenters. The molecule has 0 spiro atoms. The number of nitrogens with one attached hydrogen (secondary N) is 1. The number of nitrogens with zero attached hydrogens (tertiary/aromatic N) is 5. The Balaban J connectivity index is 1.75. The first kappa shape index (κ1) is 15.6. The van der Waals surface area contributed by atoms with E-state index in [-0.39, 0.29) is 12.2 Å². The lowest BCUT2D eigenvalue weighted by Gasteiger charge is -2.14. The van der Waals surface area contributed by atoms with E-state index in [0.29, 0.717) is 11.4 Å². The average molecular weight is 324 g/mol. The Morgan fingerprint density at radius 2 is 2.04 bits per heavy atom. The molecule has 0 aliphatic rings. The number of carbonyl (C=O) groups excluding carboxylic acids is 1. The lowest BCUT2D eigenvalue weighted by molar-refractivity contribution is 0.0775. The molecule has 2 heterocycles. The molecule has 0 radical (unpaired) electrons. The molecule has 0 aliphatic carbocycles. The van der Waals surface area contributed by atoms with Crippen molar-refractivity contribution in [2.45, 2.75) is 13.5 Å². The van der Waals surface area contributed by atoms with Gasteiger partial charge >= 0.3 is 0 Å². The second kappa shape index (κ2) is 6.45. The van der Waals surface area contributed by atoms with Crippen molar-refractivity contribution in [3.05, 3.63) is 69.9 Å². The number of benzene rings is 1. The van der Waals surface area contributed by atoms with Gasteiger partial charge in [0.2, 0.25) is 5.43 Å². The summed E-state index contributed by atoms with van der Waals surface area (Å²) in [6.45, 7) is 1.93. The summed E-state index contributed by atoms with van der Waals surface area (Å²) in [7, 11) is 1.59. The first-order valence-electron chi connectivity index (χ1n) is 7.33. The third kappa shape index (κ3) is 3.22. The zero-order valence-corrected chi connectivity index (χ0v) is 13.3. The van der Waals surface area contributed by atoms with Crippen LogP contribution >= 0.6 is 0 Å². The third-order valence-corrected chi connectivity index (χ3v) is 3.44. The molecule has 1 amide bonds. The molecule has 0 saturated heterocycles. The smallest absolute Gasteiger partial charge is 0.278 e. The van der Waals surface area contributed by atoms with Gasteiger partial charge in [-0.2, -0.15) is 5.10 Å². The number of aryl methyl sites for hydroxylation is 1. The number of aromatic nitrogens is 5. The molecule has 0 aliphatic heterocycles. The molecule has 1 aromatic carbocycles. The van der Waals surface area contributed by atoms with Crippen LogP contribution < -0.4 is 5.43 Å². The highest BCUT2D eigenvalue weighted by Crippen LogP contribution is 2.07. The highest BCUT2D eigenvalue weighted by atomic mass is 16.2. The maximum atomic E-state index is 12.3. The summed E-state index contributed by atoms with van der Waals surface area (Å²) in [5, 5.41) is 14.6. The first-order chi connectivity index (χ1) is 11.5. The molecule has 24 heavy (non-hydrogen) atoms. The van der Waals surface area contributed by atoms with Crippen molar-refractivity contribution in [1.29, 1.82) is 0 Å². The van der Waals surface area contributed by atoms with E-state index in [1.807, 2.05) is 30.3 Å². The molecule has 0 bridgehead atoms. The van der Waals surface area contributed by atoms with E-state index in [2.05, 4.69) is 20.5 Å². The van der Waals surface area contributed by atoms with Crippen LogP contribution in [-0.2, 0) is 6.54 Å². The van der Waals surface area contributed by atoms with Crippen molar-refractivity contribution in [2.24, 2.45) is 0 Å². The average Bonchev–Trinajstić information content (AvgIpc) is 3.03. The number of aromatic amines is 1. The SMILES string of the molecule is Cc1cc(=O)c(C(=O)N(C)Cc2cn(-c3ccccc3)nn2)n[nH]1. The number of H-pyrrole nitrogens is 1. The summed E-state index contributed by atoms with van der Waals surface area (Å²) in [6, 6.07) is 10.9. The van der Waals surface area contributed by atoms with Gasteiger partial charge in [-0.05, 0) is 19.1 Å². The Hall–Kier alpha value is -3.29.